The van der Waals surface area contributed by atoms with Gasteiger partial charge in [0, 0.05) is 10.6 Å². The van der Waals surface area contributed by atoms with Crippen LogP contribution in [0, 0.1) is 6.92 Å². The Labute approximate surface area is 91.2 Å². The predicted octanol–water partition coefficient (Wildman–Crippen LogP) is 3.61. The van der Waals surface area contributed by atoms with Gasteiger partial charge in [-0.25, -0.2) is 0 Å². The Hall–Kier alpha value is -0.340. The lowest BCUT2D eigenvalue weighted by molar-refractivity contribution is 0.0996. The lowest BCUT2D eigenvalue weighted by atomic mass is 10.1. The molecule has 0 spiro atoms. The number of rotatable bonds is 2. The van der Waals surface area contributed by atoms with Gasteiger partial charge in [0.15, 0.2) is 5.78 Å². The molecule has 0 bridgehead atoms. The Morgan fingerprint density at radius 3 is 2.62 bits per heavy atom. The Morgan fingerprint density at radius 1 is 1.54 bits per heavy atom. The maximum absolute atomic E-state index is 11.5. The summed E-state index contributed by atoms with van der Waals surface area (Å²) in [6, 6.07) is 5.35. The first-order valence-corrected chi connectivity index (χ1v) is 5.26. The summed E-state index contributed by atoms with van der Waals surface area (Å²) in [6.07, 6.45) is 0. The largest absolute Gasteiger partial charge is 0.293 e. The zero-order valence-corrected chi connectivity index (χ0v) is 9.82. The molecule has 1 nitrogen and oxygen atoms in total. The highest BCUT2D eigenvalue weighted by molar-refractivity contribution is 9.10. The summed E-state index contributed by atoms with van der Waals surface area (Å²) in [5, 5.41) is 0.638. The van der Waals surface area contributed by atoms with E-state index in [1.807, 2.05) is 13.0 Å². The summed E-state index contributed by atoms with van der Waals surface area (Å²) in [5.74, 6) is 0.0573. The van der Waals surface area contributed by atoms with Crippen LogP contribution in [0.5, 0.6) is 0 Å². The van der Waals surface area contributed by atoms with Crippen LogP contribution in [0.2, 0.25) is 5.02 Å². The van der Waals surface area contributed by atoms with Crippen molar-refractivity contribution in [3.05, 3.63) is 34.3 Å². The number of hydrogen-bond donors (Lipinski definition) is 0. The number of carbonyl (C=O) groups excluding carboxylic acids is 1. The summed E-state index contributed by atoms with van der Waals surface area (Å²) >= 11 is 9.12. The number of hydrogen-bond acceptors (Lipinski definition) is 1. The van der Waals surface area contributed by atoms with E-state index in [2.05, 4.69) is 15.9 Å². The minimum atomic E-state index is -0.161. The zero-order chi connectivity index (χ0) is 10.0. The standard InChI is InChI=1S/C10H10BrClO/c1-6-3-4-8(5-9(6)12)10(13)7(2)11/h3-5,7H,1-2H3. The molecular formula is C10H10BrClO. The molecular weight excluding hydrogens is 251 g/mol. The number of alkyl halides is 1. The minimum absolute atomic E-state index is 0.0573. The number of halogens is 2. The minimum Gasteiger partial charge on any atom is -0.293 e. The molecule has 0 fully saturated rings. The number of carbonyl (C=O) groups is 1. The molecule has 1 aromatic carbocycles. The summed E-state index contributed by atoms with van der Waals surface area (Å²) in [4.78, 5) is 11.3. The fourth-order valence-corrected chi connectivity index (χ4v) is 1.42. The van der Waals surface area contributed by atoms with Crippen molar-refractivity contribution in [2.45, 2.75) is 18.7 Å². The van der Waals surface area contributed by atoms with Crippen molar-refractivity contribution in [3.63, 3.8) is 0 Å². The van der Waals surface area contributed by atoms with Gasteiger partial charge in [-0.3, -0.25) is 4.79 Å². The molecule has 1 aromatic rings. The van der Waals surface area contributed by atoms with Crippen LogP contribution in [0.4, 0.5) is 0 Å². The molecule has 0 saturated carbocycles. The average molecular weight is 262 g/mol. The highest BCUT2D eigenvalue weighted by atomic mass is 79.9. The smallest absolute Gasteiger partial charge is 0.176 e. The summed E-state index contributed by atoms with van der Waals surface area (Å²) in [5.41, 5.74) is 1.64. The Balaban J connectivity index is 3.04. The molecule has 0 amide bonds. The van der Waals surface area contributed by atoms with Gasteiger partial charge < -0.3 is 0 Å². The second-order valence-corrected chi connectivity index (χ2v) is 4.72. The van der Waals surface area contributed by atoms with E-state index in [0.29, 0.717) is 10.6 Å². The van der Waals surface area contributed by atoms with Gasteiger partial charge in [-0.2, -0.15) is 0 Å². The van der Waals surface area contributed by atoms with Crippen molar-refractivity contribution in [2.24, 2.45) is 0 Å². The van der Waals surface area contributed by atoms with Gasteiger partial charge in [0.05, 0.1) is 4.83 Å². The topological polar surface area (TPSA) is 17.1 Å². The third-order valence-electron chi connectivity index (χ3n) is 1.82. The second kappa shape index (κ2) is 4.25. The molecule has 1 rings (SSSR count). The molecule has 13 heavy (non-hydrogen) atoms. The van der Waals surface area contributed by atoms with Gasteiger partial charge in [-0.15, -0.1) is 0 Å². The van der Waals surface area contributed by atoms with Crippen LogP contribution >= 0.6 is 27.5 Å². The van der Waals surface area contributed by atoms with Crippen LogP contribution in [-0.2, 0) is 0 Å². The SMILES string of the molecule is Cc1ccc(C(=O)C(C)Br)cc1Cl. The molecule has 0 radical (unpaired) electrons. The second-order valence-electron chi connectivity index (χ2n) is 2.94. The lowest BCUT2D eigenvalue weighted by Crippen LogP contribution is -2.09. The molecule has 1 atom stereocenters. The maximum atomic E-state index is 11.5. The molecule has 0 aliphatic rings. The summed E-state index contributed by atoms with van der Waals surface area (Å²) in [7, 11) is 0. The predicted molar refractivity (Wildman–Crippen MR) is 58.9 cm³/mol. The van der Waals surface area contributed by atoms with Crippen LogP contribution in [0.3, 0.4) is 0 Å². The third-order valence-corrected chi connectivity index (χ3v) is 2.64. The first-order valence-electron chi connectivity index (χ1n) is 3.97. The van der Waals surface area contributed by atoms with Crippen LogP contribution in [0.25, 0.3) is 0 Å². The molecule has 0 aliphatic heterocycles. The molecule has 3 heteroatoms. The number of aryl methyl sites for hydroxylation is 1. The van der Waals surface area contributed by atoms with Crippen molar-refractivity contribution < 1.29 is 4.79 Å². The van der Waals surface area contributed by atoms with Crippen LogP contribution in [0.1, 0.15) is 22.8 Å². The molecule has 0 aromatic heterocycles. The molecule has 0 aliphatic carbocycles. The van der Waals surface area contributed by atoms with Crippen molar-refractivity contribution in [1.29, 1.82) is 0 Å². The van der Waals surface area contributed by atoms with Crippen molar-refractivity contribution in [1.82, 2.24) is 0 Å². The number of Topliss-reactive ketones (excluding diaryl/α,β-unsaturated/α-hetero) is 1. The Kier molecular flexibility index (Phi) is 3.51. The maximum Gasteiger partial charge on any atom is 0.176 e. The van der Waals surface area contributed by atoms with E-state index in [1.165, 1.54) is 0 Å². The van der Waals surface area contributed by atoms with Gasteiger partial charge in [0.2, 0.25) is 0 Å². The fraction of sp³-hybridized carbons (Fsp3) is 0.300. The van der Waals surface area contributed by atoms with Crippen LogP contribution < -0.4 is 0 Å². The van der Waals surface area contributed by atoms with Crippen molar-refractivity contribution >= 4 is 33.3 Å². The monoisotopic (exact) mass is 260 g/mol. The van der Waals surface area contributed by atoms with Gasteiger partial charge >= 0.3 is 0 Å². The van der Waals surface area contributed by atoms with Gasteiger partial charge in [0.1, 0.15) is 0 Å². The Morgan fingerprint density at radius 2 is 2.15 bits per heavy atom. The zero-order valence-electron chi connectivity index (χ0n) is 7.47. The van der Waals surface area contributed by atoms with E-state index in [4.69, 9.17) is 11.6 Å². The highest BCUT2D eigenvalue weighted by Crippen LogP contribution is 2.18. The summed E-state index contributed by atoms with van der Waals surface area (Å²) in [6.45, 7) is 3.71. The van der Waals surface area contributed by atoms with E-state index in [0.717, 1.165) is 5.56 Å². The fourth-order valence-electron chi connectivity index (χ4n) is 0.976. The van der Waals surface area contributed by atoms with Crippen molar-refractivity contribution in [2.75, 3.05) is 0 Å². The molecule has 1 unspecified atom stereocenters. The first kappa shape index (κ1) is 10.7. The van der Waals surface area contributed by atoms with E-state index in [-0.39, 0.29) is 10.6 Å². The third kappa shape index (κ3) is 2.55. The van der Waals surface area contributed by atoms with Crippen LogP contribution in [-0.4, -0.2) is 10.6 Å². The highest BCUT2D eigenvalue weighted by Gasteiger charge is 2.12. The quantitative estimate of drug-likeness (QED) is 0.587. The van der Waals surface area contributed by atoms with Gasteiger partial charge in [-0.1, -0.05) is 39.7 Å². The van der Waals surface area contributed by atoms with Gasteiger partial charge in [-0.05, 0) is 25.5 Å². The van der Waals surface area contributed by atoms with E-state index < -0.39 is 0 Å². The number of benzene rings is 1. The average Bonchev–Trinajstić information content (AvgIpc) is 2.08. The van der Waals surface area contributed by atoms with E-state index in [1.54, 1.807) is 19.1 Å². The molecule has 0 N–H and O–H groups in total. The number of ketones is 1. The van der Waals surface area contributed by atoms with E-state index in [9.17, 15) is 4.79 Å². The van der Waals surface area contributed by atoms with Crippen molar-refractivity contribution in [3.8, 4) is 0 Å². The molecule has 0 heterocycles. The van der Waals surface area contributed by atoms with E-state index >= 15 is 0 Å². The first-order chi connectivity index (χ1) is 6.02. The Bertz CT molecular complexity index is 334. The molecule has 0 saturated heterocycles. The van der Waals surface area contributed by atoms with Crippen LogP contribution in [0.15, 0.2) is 18.2 Å². The molecule has 70 valence electrons. The lowest BCUT2D eigenvalue weighted by Gasteiger charge is -2.04. The summed E-state index contributed by atoms with van der Waals surface area (Å²) < 4.78 is 0. The van der Waals surface area contributed by atoms with Gasteiger partial charge in [0.25, 0.3) is 0 Å². The normalized spacial score (nSPS) is 12.6.